The first-order chi connectivity index (χ1) is 15.0. The van der Waals surface area contributed by atoms with Gasteiger partial charge in [0.2, 0.25) is 0 Å². The summed E-state index contributed by atoms with van der Waals surface area (Å²) in [5.74, 6) is -15.5. The molecule has 6 nitrogen and oxygen atoms in total. The van der Waals surface area contributed by atoms with Crippen molar-refractivity contribution in [3.63, 3.8) is 0 Å². The van der Waals surface area contributed by atoms with Gasteiger partial charge in [-0.25, -0.2) is 0 Å². The Morgan fingerprint density at radius 2 is 1.42 bits per heavy atom. The summed E-state index contributed by atoms with van der Waals surface area (Å²) in [7, 11) is -4.05. The van der Waals surface area contributed by atoms with Crippen molar-refractivity contribution in [1.82, 2.24) is 4.83 Å². The van der Waals surface area contributed by atoms with E-state index in [9.17, 15) is 43.9 Å². The molecule has 0 aliphatic carbocycles. The molecule has 2 N–H and O–H groups in total. The Kier molecular flexibility index (Phi) is 7.33. The zero-order valence-corrected chi connectivity index (χ0v) is 17.8. The molecule has 0 heterocycles. The van der Waals surface area contributed by atoms with Crippen LogP contribution in [-0.2, 0) is 14.8 Å². The molecular formula is C18H13ClF7N3O3S. The second kappa shape index (κ2) is 9.17. The van der Waals surface area contributed by atoms with Gasteiger partial charge < -0.3 is 5.32 Å². The summed E-state index contributed by atoms with van der Waals surface area (Å²) in [5, 5.41) is 5.25. The van der Waals surface area contributed by atoms with E-state index >= 15 is 0 Å². The van der Waals surface area contributed by atoms with Crippen molar-refractivity contribution in [2.45, 2.75) is 29.8 Å². The Bertz CT molecular complexity index is 1150. The lowest BCUT2D eigenvalue weighted by Crippen LogP contribution is -2.57. The third-order valence-corrected chi connectivity index (χ3v) is 5.53. The molecule has 0 aliphatic rings. The number of halogens is 8. The van der Waals surface area contributed by atoms with Crippen LogP contribution >= 0.6 is 11.6 Å². The minimum atomic E-state index is -6.65. The van der Waals surface area contributed by atoms with Gasteiger partial charge in [-0.05, 0) is 48.9 Å². The van der Waals surface area contributed by atoms with Gasteiger partial charge in [-0.1, -0.05) is 23.7 Å². The highest BCUT2D eigenvalue weighted by molar-refractivity contribution is 7.89. The highest BCUT2D eigenvalue weighted by Crippen LogP contribution is 2.46. The number of nitrogens with one attached hydrogen (secondary N) is 2. The number of amides is 1. The average molecular weight is 520 g/mol. The molecule has 180 valence electrons. The molecule has 0 aliphatic heterocycles. The lowest BCUT2D eigenvalue weighted by atomic mass is 10.1. The van der Waals surface area contributed by atoms with Gasteiger partial charge in [0.1, 0.15) is 0 Å². The molecule has 2 rings (SSSR count). The molecule has 0 unspecified atom stereocenters. The Labute approximate surface area is 187 Å². The van der Waals surface area contributed by atoms with Crippen LogP contribution < -0.4 is 10.1 Å². The number of hydrazone groups is 1. The molecule has 0 spiro atoms. The zero-order chi connectivity index (χ0) is 25.2. The molecule has 0 radical (unpaired) electrons. The van der Waals surface area contributed by atoms with Gasteiger partial charge in [-0.15, -0.1) is 0 Å². The maximum atomic E-state index is 13.4. The Morgan fingerprint density at radius 3 is 1.91 bits per heavy atom. The van der Waals surface area contributed by atoms with Gasteiger partial charge in [-0.3, -0.25) is 4.79 Å². The number of hydrogen-bond donors (Lipinski definition) is 2. The van der Waals surface area contributed by atoms with Crippen molar-refractivity contribution >= 4 is 38.9 Å². The van der Waals surface area contributed by atoms with Gasteiger partial charge >= 0.3 is 23.9 Å². The SMILES string of the molecule is C/C(=N\NS(=O)(=O)c1ccc(Cl)cc1)c1ccc(NC(=O)C(F)(F)C(F)(F)C(F)(F)F)cc1. The summed E-state index contributed by atoms with van der Waals surface area (Å²) in [5.41, 5.74) is -0.241. The highest BCUT2D eigenvalue weighted by atomic mass is 35.5. The molecule has 33 heavy (non-hydrogen) atoms. The molecule has 0 fully saturated rings. The minimum absolute atomic E-state index is 0.0688. The van der Waals surface area contributed by atoms with Gasteiger partial charge in [0, 0.05) is 10.7 Å². The summed E-state index contributed by atoms with van der Waals surface area (Å²) < 4.78 is 114. The number of alkyl halides is 7. The van der Waals surface area contributed by atoms with Crippen LogP contribution in [0.15, 0.2) is 58.5 Å². The predicted octanol–water partition coefficient (Wildman–Crippen LogP) is 4.81. The Balaban J connectivity index is 2.13. The third kappa shape index (κ3) is 5.74. The molecule has 0 bridgehead atoms. The summed E-state index contributed by atoms with van der Waals surface area (Å²) >= 11 is 5.68. The first-order valence-electron chi connectivity index (χ1n) is 8.55. The van der Waals surface area contributed by atoms with Gasteiger partial charge in [-0.2, -0.15) is 49.1 Å². The van der Waals surface area contributed by atoms with E-state index in [1.807, 2.05) is 4.83 Å². The maximum Gasteiger partial charge on any atom is 0.460 e. The zero-order valence-electron chi connectivity index (χ0n) is 16.2. The van der Waals surface area contributed by atoms with Crippen molar-refractivity contribution in [3.8, 4) is 0 Å². The number of nitrogens with zero attached hydrogens (tertiary/aromatic N) is 1. The van der Waals surface area contributed by atoms with Crippen LogP contribution in [0.25, 0.3) is 0 Å². The standard InChI is InChI=1S/C18H13ClF7N3O3S/c1-10(28-29-33(31,32)14-8-4-12(19)5-9-14)11-2-6-13(7-3-11)27-15(30)16(20,21)17(22,23)18(24,25)26/h2-9,29H,1H3,(H,27,30)/b28-10+. The second-order valence-electron chi connectivity index (χ2n) is 6.42. The molecule has 2 aromatic rings. The number of anilines is 1. The summed E-state index contributed by atoms with van der Waals surface area (Å²) in [6.07, 6.45) is -6.65. The van der Waals surface area contributed by atoms with Crippen molar-refractivity contribution < 1.29 is 43.9 Å². The number of hydrogen-bond acceptors (Lipinski definition) is 4. The normalized spacial score (nSPS) is 13.5. The van der Waals surface area contributed by atoms with Crippen LogP contribution in [0.5, 0.6) is 0 Å². The molecule has 15 heteroatoms. The van der Waals surface area contributed by atoms with E-state index in [0.29, 0.717) is 5.02 Å². The fourth-order valence-corrected chi connectivity index (χ4v) is 3.17. The van der Waals surface area contributed by atoms with Crippen LogP contribution in [0.4, 0.5) is 36.4 Å². The first kappa shape index (κ1) is 26.4. The quantitative estimate of drug-likeness (QED) is 0.312. The summed E-state index contributed by atoms with van der Waals surface area (Å²) in [6, 6.07) is 9.23. The molecule has 0 saturated heterocycles. The molecule has 0 saturated carbocycles. The van der Waals surface area contributed by atoms with E-state index in [4.69, 9.17) is 11.6 Å². The smallest absolute Gasteiger partial charge is 0.321 e. The maximum absolute atomic E-state index is 13.4. The largest absolute Gasteiger partial charge is 0.460 e. The predicted molar refractivity (Wildman–Crippen MR) is 105 cm³/mol. The monoisotopic (exact) mass is 519 g/mol. The van der Waals surface area contributed by atoms with Crippen LogP contribution in [-0.4, -0.2) is 38.1 Å². The summed E-state index contributed by atoms with van der Waals surface area (Å²) in [4.78, 5) is 13.2. The number of sulfonamides is 1. The number of rotatable bonds is 7. The molecule has 2 aromatic carbocycles. The Morgan fingerprint density at radius 1 is 0.909 bits per heavy atom. The number of carbonyl (C=O) groups is 1. The van der Waals surface area contributed by atoms with Gasteiger partial charge in [0.25, 0.3) is 10.0 Å². The fraction of sp³-hybridized carbons (Fsp3) is 0.222. The van der Waals surface area contributed by atoms with Crippen molar-refractivity contribution in [1.29, 1.82) is 0 Å². The molecule has 0 atom stereocenters. The van der Waals surface area contributed by atoms with E-state index in [0.717, 1.165) is 24.3 Å². The van der Waals surface area contributed by atoms with Crippen LogP contribution in [0.3, 0.4) is 0 Å². The average Bonchev–Trinajstić information content (AvgIpc) is 2.72. The van der Waals surface area contributed by atoms with Crippen molar-refractivity contribution in [3.05, 3.63) is 59.1 Å². The van der Waals surface area contributed by atoms with Gasteiger partial charge in [0.05, 0.1) is 10.6 Å². The highest BCUT2D eigenvalue weighted by Gasteiger charge is 2.76. The minimum Gasteiger partial charge on any atom is -0.321 e. The van der Waals surface area contributed by atoms with E-state index in [-0.39, 0.29) is 16.2 Å². The topological polar surface area (TPSA) is 87.6 Å². The lowest BCUT2D eigenvalue weighted by Gasteiger charge is -2.27. The second-order valence-corrected chi connectivity index (χ2v) is 8.52. The van der Waals surface area contributed by atoms with Crippen LogP contribution in [0.1, 0.15) is 12.5 Å². The molecule has 0 aromatic heterocycles. The Hall–Kier alpha value is -2.87. The van der Waals surface area contributed by atoms with E-state index in [2.05, 4.69) is 5.10 Å². The van der Waals surface area contributed by atoms with Crippen molar-refractivity contribution in [2.24, 2.45) is 5.10 Å². The molecular weight excluding hydrogens is 507 g/mol. The third-order valence-electron chi connectivity index (χ3n) is 4.05. The van der Waals surface area contributed by atoms with Gasteiger partial charge in [0.15, 0.2) is 0 Å². The van der Waals surface area contributed by atoms with Crippen LogP contribution in [0.2, 0.25) is 5.02 Å². The molecule has 1 amide bonds. The van der Waals surface area contributed by atoms with E-state index in [1.165, 1.54) is 36.5 Å². The summed E-state index contributed by atoms with van der Waals surface area (Å²) in [6.45, 7) is 1.36. The van der Waals surface area contributed by atoms with Crippen LogP contribution in [0, 0.1) is 0 Å². The number of benzene rings is 2. The van der Waals surface area contributed by atoms with E-state index < -0.39 is 39.6 Å². The van der Waals surface area contributed by atoms with E-state index in [1.54, 1.807) is 0 Å². The van der Waals surface area contributed by atoms with Crippen molar-refractivity contribution in [2.75, 3.05) is 5.32 Å². The first-order valence-corrected chi connectivity index (χ1v) is 10.4. The lowest BCUT2D eigenvalue weighted by molar-refractivity contribution is -0.343. The number of carbonyl (C=O) groups excluding carboxylic acids is 1. The fourth-order valence-electron chi connectivity index (χ4n) is 2.18.